The summed E-state index contributed by atoms with van der Waals surface area (Å²) >= 11 is 0. The van der Waals surface area contributed by atoms with Crippen LogP contribution in [0.3, 0.4) is 0 Å². The summed E-state index contributed by atoms with van der Waals surface area (Å²) in [6.45, 7) is 11.0. The lowest BCUT2D eigenvalue weighted by Gasteiger charge is -2.21. The molecular formula is C41H81NO5. The van der Waals surface area contributed by atoms with Crippen LogP contribution in [0.15, 0.2) is 0 Å². The quantitative estimate of drug-likeness (QED) is 0.0521. The van der Waals surface area contributed by atoms with Gasteiger partial charge in [0.2, 0.25) is 0 Å². The minimum atomic E-state index is -0.0368. The van der Waals surface area contributed by atoms with Crippen molar-refractivity contribution in [1.29, 1.82) is 0 Å². The first-order chi connectivity index (χ1) is 23.1. The lowest BCUT2D eigenvalue weighted by molar-refractivity contribution is -0.145. The summed E-state index contributed by atoms with van der Waals surface area (Å²) in [5.74, 6) is 0.494. The molecule has 0 saturated heterocycles. The van der Waals surface area contributed by atoms with Crippen molar-refractivity contribution in [3.8, 4) is 0 Å². The van der Waals surface area contributed by atoms with Gasteiger partial charge in [-0.15, -0.1) is 0 Å². The van der Waals surface area contributed by atoms with Gasteiger partial charge in [0.05, 0.1) is 19.8 Å². The molecule has 280 valence electrons. The Kier molecular flexibility index (Phi) is 36.8. The van der Waals surface area contributed by atoms with Crippen molar-refractivity contribution in [3.63, 3.8) is 0 Å². The number of nitrogens with zero attached hydrogens (tertiary/aromatic N) is 1. The van der Waals surface area contributed by atoms with E-state index in [9.17, 15) is 14.7 Å². The standard InChI is InChI=1S/C41H81NO5/c1-4-7-10-13-16-23-30-39(29-22-12-9-6-3)38-47-41(45)32-25-18-15-20-27-34-42(35-36-43)33-26-19-14-17-24-31-40(44)46-37-28-21-11-8-5-2/h39,43H,4-38H2,1-3H3. The number of hydrogen-bond acceptors (Lipinski definition) is 6. The van der Waals surface area contributed by atoms with Crippen molar-refractivity contribution in [2.75, 3.05) is 39.5 Å². The largest absolute Gasteiger partial charge is 0.466 e. The minimum absolute atomic E-state index is 0.00581. The zero-order valence-electron chi connectivity index (χ0n) is 31.9. The molecule has 0 aliphatic heterocycles. The maximum absolute atomic E-state index is 12.4. The van der Waals surface area contributed by atoms with Crippen molar-refractivity contribution < 1.29 is 24.2 Å². The average molecular weight is 668 g/mol. The van der Waals surface area contributed by atoms with Gasteiger partial charge in [-0.05, 0) is 64.0 Å². The Hall–Kier alpha value is -1.14. The highest BCUT2D eigenvalue weighted by atomic mass is 16.5. The Balaban J connectivity index is 3.88. The summed E-state index contributed by atoms with van der Waals surface area (Å²) in [5, 5.41) is 9.50. The van der Waals surface area contributed by atoms with Crippen LogP contribution in [0.2, 0.25) is 0 Å². The van der Waals surface area contributed by atoms with E-state index in [-0.39, 0.29) is 18.5 Å². The Morgan fingerprint density at radius 3 is 1.40 bits per heavy atom. The average Bonchev–Trinajstić information content (AvgIpc) is 3.07. The van der Waals surface area contributed by atoms with Crippen LogP contribution in [-0.4, -0.2) is 61.4 Å². The molecule has 6 nitrogen and oxygen atoms in total. The van der Waals surface area contributed by atoms with E-state index in [0.717, 1.165) is 83.8 Å². The number of hydrogen-bond donors (Lipinski definition) is 1. The van der Waals surface area contributed by atoms with Crippen LogP contribution in [0.5, 0.6) is 0 Å². The van der Waals surface area contributed by atoms with Crippen molar-refractivity contribution in [2.24, 2.45) is 5.92 Å². The van der Waals surface area contributed by atoms with Gasteiger partial charge >= 0.3 is 11.9 Å². The van der Waals surface area contributed by atoms with Gasteiger partial charge in [0.25, 0.3) is 0 Å². The van der Waals surface area contributed by atoms with E-state index in [0.29, 0.717) is 32.0 Å². The minimum Gasteiger partial charge on any atom is -0.466 e. The second kappa shape index (κ2) is 37.7. The molecule has 1 atom stereocenters. The van der Waals surface area contributed by atoms with Crippen LogP contribution >= 0.6 is 0 Å². The molecule has 0 heterocycles. The fourth-order valence-corrected chi connectivity index (χ4v) is 6.38. The summed E-state index contributed by atoms with van der Waals surface area (Å²) in [6, 6.07) is 0. The summed E-state index contributed by atoms with van der Waals surface area (Å²) in [4.78, 5) is 26.7. The number of carbonyl (C=O) groups excluding carboxylic acids is 2. The van der Waals surface area contributed by atoms with E-state index < -0.39 is 0 Å². The molecule has 0 spiro atoms. The number of rotatable bonds is 38. The van der Waals surface area contributed by atoms with Crippen LogP contribution in [0.4, 0.5) is 0 Å². The fourth-order valence-electron chi connectivity index (χ4n) is 6.38. The lowest BCUT2D eigenvalue weighted by atomic mass is 9.95. The zero-order chi connectivity index (χ0) is 34.5. The third-order valence-corrected chi connectivity index (χ3v) is 9.55. The van der Waals surface area contributed by atoms with Gasteiger partial charge in [-0.2, -0.15) is 0 Å². The smallest absolute Gasteiger partial charge is 0.305 e. The molecule has 0 radical (unpaired) electrons. The van der Waals surface area contributed by atoms with Gasteiger partial charge in [-0.25, -0.2) is 0 Å². The maximum Gasteiger partial charge on any atom is 0.305 e. The summed E-state index contributed by atoms with van der Waals surface area (Å²) in [5.41, 5.74) is 0. The van der Waals surface area contributed by atoms with Crippen LogP contribution in [0, 0.1) is 5.92 Å². The highest BCUT2D eigenvalue weighted by Gasteiger charge is 2.12. The zero-order valence-corrected chi connectivity index (χ0v) is 31.9. The van der Waals surface area contributed by atoms with Gasteiger partial charge in [0.15, 0.2) is 0 Å². The van der Waals surface area contributed by atoms with Crippen LogP contribution in [0.1, 0.15) is 207 Å². The molecule has 0 saturated carbocycles. The van der Waals surface area contributed by atoms with E-state index in [1.54, 1.807) is 0 Å². The van der Waals surface area contributed by atoms with E-state index in [2.05, 4.69) is 25.7 Å². The van der Waals surface area contributed by atoms with Gasteiger partial charge in [-0.3, -0.25) is 9.59 Å². The number of aliphatic hydroxyl groups excluding tert-OH is 1. The molecule has 0 aromatic carbocycles. The molecule has 0 bridgehead atoms. The Bertz CT molecular complexity index is 658. The number of aliphatic hydroxyl groups is 1. The van der Waals surface area contributed by atoms with E-state index in [1.807, 2.05) is 0 Å². The molecule has 47 heavy (non-hydrogen) atoms. The molecular weight excluding hydrogens is 586 g/mol. The summed E-state index contributed by atoms with van der Waals surface area (Å²) in [6.07, 6.45) is 33.4. The van der Waals surface area contributed by atoms with Crippen molar-refractivity contribution in [2.45, 2.75) is 207 Å². The number of unbranched alkanes of at least 4 members (excludes halogenated alkanes) is 20. The molecule has 1 N–H and O–H groups in total. The van der Waals surface area contributed by atoms with Gasteiger partial charge in [-0.1, -0.05) is 149 Å². The number of esters is 2. The van der Waals surface area contributed by atoms with Crippen LogP contribution < -0.4 is 0 Å². The first-order valence-corrected chi connectivity index (χ1v) is 20.7. The molecule has 0 aromatic rings. The summed E-state index contributed by atoms with van der Waals surface area (Å²) < 4.78 is 11.1. The van der Waals surface area contributed by atoms with Gasteiger partial charge < -0.3 is 19.5 Å². The van der Waals surface area contributed by atoms with Crippen molar-refractivity contribution >= 4 is 11.9 Å². The van der Waals surface area contributed by atoms with Gasteiger partial charge in [0, 0.05) is 19.4 Å². The van der Waals surface area contributed by atoms with Crippen LogP contribution in [0.25, 0.3) is 0 Å². The molecule has 0 aliphatic rings. The Morgan fingerprint density at radius 2 is 0.894 bits per heavy atom. The normalized spacial score (nSPS) is 12.1. The SMILES string of the molecule is CCCCCCCCC(CCCCCC)COC(=O)CCCCCCCN(CCO)CCCCCCCC(=O)OCCCCCCC. The van der Waals surface area contributed by atoms with E-state index in [4.69, 9.17) is 9.47 Å². The predicted octanol–water partition coefficient (Wildman–Crippen LogP) is 11.4. The lowest BCUT2D eigenvalue weighted by Crippen LogP contribution is -2.29. The molecule has 6 heteroatoms. The molecule has 0 fully saturated rings. The third kappa shape index (κ3) is 34.5. The van der Waals surface area contributed by atoms with Crippen LogP contribution in [-0.2, 0) is 19.1 Å². The highest BCUT2D eigenvalue weighted by Crippen LogP contribution is 2.20. The third-order valence-electron chi connectivity index (χ3n) is 9.55. The predicted molar refractivity (Wildman–Crippen MR) is 200 cm³/mol. The number of carbonyl (C=O) groups is 2. The molecule has 0 aliphatic carbocycles. The van der Waals surface area contributed by atoms with E-state index >= 15 is 0 Å². The van der Waals surface area contributed by atoms with Gasteiger partial charge in [0.1, 0.15) is 0 Å². The second-order valence-corrected chi connectivity index (χ2v) is 14.2. The summed E-state index contributed by atoms with van der Waals surface area (Å²) in [7, 11) is 0. The molecule has 0 aromatic heterocycles. The molecule has 0 amide bonds. The molecule has 1 unspecified atom stereocenters. The fraction of sp³-hybridized carbons (Fsp3) is 0.951. The highest BCUT2D eigenvalue weighted by molar-refractivity contribution is 5.69. The second-order valence-electron chi connectivity index (χ2n) is 14.2. The van der Waals surface area contributed by atoms with Crippen molar-refractivity contribution in [1.82, 2.24) is 4.90 Å². The maximum atomic E-state index is 12.4. The molecule has 0 rings (SSSR count). The number of ether oxygens (including phenoxy) is 2. The first kappa shape index (κ1) is 45.9. The topological polar surface area (TPSA) is 76.1 Å². The van der Waals surface area contributed by atoms with E-state index in [1.165, 1.54) is 109 Å². The van der Waals surface area contributed by atoms with Crippen molar-refractivity contribution in [3.05, 3.63) is 0 Å². The first-order valence-electron chi connectivity index (χ1n) is 20.7. The Morgan fingerprint density at radius 1 is 0.489 bits per heavy atom. The Labute approximate surface area is 292 Å². The monoisotopic (exact) mass is 668 g/mol.